The Hall–Kier alpha value is -2.14. The van der Waals surface area contributed by atoms with Crippen LogP contribution in [0.2, 0.25) is 0 Å². The van der Waals surface area contributed by atoms with E-state index in [1.165, 1.54) is 0 Å². The molecule has 2 heterocycles. The van der Waals surface area contributed by atoms with E-state index in [0.717, 1.165) is 36.5 Å². The quantitative estimate of drug-likeness (QED) is 0.848. The average Bonchev–Trinajstić information content (AvgIpc) is 3.07. The van der Waals surface area contributed by atoms with Crippen molar-refractivity contribution in [3.05, 3.63) is 53.3 Å². The maximum atomic E-state index is 12.9. The molecule has 1 aliphatic heterocycles. The van der Waals surface area contributed by atoms with E-state index in [-0.39, 0.29) is 11.9 Å². The monoisotopic (exact) mass is 326 g/mol. The molecule has 0 unspecified atom stereocenters. The molecule has 1 atom stereocenters. The largest absolute Gasteiger partial charge is 0.331 e. The van der Waals surface area contributed by atoms with Crippen molar-refractivity contribution in [1.82, 2.24) is 19.6 Å². The minimum absolute atomic E-state index is 0.107. The average molecular weight is 326 g/mol. The number of hydrogen-bond donors (Lipinski definition) is 0. The van der Waals surface area contributed by atoms with Crippen LogP contribution in [0.15, 0.2) is 36.5 Å². The predicted molar refractivity (Wildman–Crippen MR) is 95.0 cm³/mol. The van der Waals surface area contributed by atoms with E-state index in [1.54, 1.807) is 0 Å². The molecule has 24 heavy (non-hydrogen) atoms. The molecule has 2 aromatic rings. The fraction of sp³-hybridized carbons (Fsp3) is 0.474. The fourth-order valence-electron chi connectivity index (χ4n) is 3.42. The highest BCUT2D eigenvalue weighted by molar-refractivity contribution is 5.94. The van der Waals surface area contributed by atoms with Gasteiger partial charge in [0.15, 0.2) is 0 Å². The summed E-state index contributed by atoms with van der Waals surface area (Å²) in [4.78, 5) is 17.3. The molecule has 0 bridgehead atoms. The number of aromatic nitrogens is 2. The number of carbonyl (C=O) groups excluding carboxylic acids is 1. The molecule has 5 heteroatoms. The zero-order chi connectivity index (χ0) is 17.1. The molecule has 0 fully saturated rings. The van der Waals surface area contributed by atoms with Crippen LogP contribution in [0.1, 0.15) is 41.5 Å². The van der Waals surface area contributed by atoms with E-state index in [4.69, 9.17) is 0 Å². The first kappa shape index (κ1) is 16.7. The molecule has 5 nitrogen and oxygen atoms in total. The Morgan fingerprint density at radius 2 is 2.08 bits per heavy atom. The molecule has 1 aromatic carbocycles. The van der Waals surface area contributed by atoms with E-state index < -0.39 is 0 Å². The van der Waals surface area contributed by atoms with Crippen molar-refractivity contribution >= 4 is 5.91 Å². The van der Waals surface area contributed by atoms with Gasteiger partial charge in [0.2, 0.25) is 0 Å². The zero-order valence-electron chi connectivity index (χ0n) is 14.8. The van der Waals surface area contributed by atoms with Crippen molar-refractivity contribution in [3.63, 3.8) is 0 Å². The van der Waals surface area contributed by atoms with Crippen molar-refractivity contribution in [2.24, 2.45) is 0 Å². The lowest BCUT2D eigenvalue weighted by Crippen LogP contribution is -2.45. The molecule has 0 N–H and O–H groups in total. The van der Waals surface area contributed by atoms with Crippen LogP contribution in [0, 0.1) is 6.92 Å². The SMILES string of the molecule is CCN(CC)C[C@@H]1CN(C(=O)c2cccc(C)c2)Cc2ccnn21. The van der Waals surface area contributed by atoms with E-state index in [2.05, 4.69) is 28.5 Å². The number of likely N-dealkylation sites (N-methyl/N-ethyl adjacent to an activating group) is 1. The van der Waals surface area contributed by atoms with Gasteiger partial charge in [0, 0.05) is 24.8 Å². The second kappa shape index (κ2) is 7.18. The normalized spacial score (nSPS) is 17.2. The standard InChI is InChI=1S/C19H26N4O/c1-4-21(5-2)12-18-14-22(13-17-9-10-20-23(17)18)19(24)16-8-6-7-15(3)11-16/h6-11,18H,4-5,12-14H2,1-3H3/t18-/m1/s1. The lowest BCUT2D eigenvalue weighted by atomic mass is 10.1. The van der Waals surface area contributed by atoms with Crippen molar-refractivity contribution < 1.29 is 4.79 Å². The van der Waals surface area contributed by atoms with Gasteiger partial charge >= 0.3 is 0 Å². The van der Waals surface area contributed by atoms with Crippen LogP contribution in [-0.2, 0) is 6.54 Å². The molecule has 0 spiro atoms. The summed E-state index contributed by atoms with van der Waals surface area (Å²) in [6.07, 6.45) is 1.84. The van der Waals surface area contributed by atoms with Crippen molar-refractivity contribution in [3.8, 4) is 0 Å². The van der Waals surface area contributed by atoms with Gasteiger partial charge in [-0.1, -0.05) is 31.5 Å². The van der Waals surface area contributed by atoms with Crippen LogP contribution < -0.4 is 0 Å². The fourth-order valence-corrected chi connectivity index (χ4v) is 3.42. The lowest BCUT2D eigenvalue weighted by Gasteiger charge is -2.36. The van der Waals surface area contributed by atoms with E-state index in [1.807, 2.05) is 48.4 Å². The summed E-state index contributed by atoms with van der Waals surface area (Å²) in [5.74, 6) is 0.107. The topological polar surface area (TPSA) is 41.4 Å². The van der Waals surface area contributed by atoms with E-state index in [9.17, 15) is 4.79 Å². The Labute approximate surface area is 143 Å². The van der Waals surface area contributed by atoms with Crippen LogP contribution in [-0.4, -0.2) is 51.7 Å². The van der Waals surface area contributed by atoms with Crippen LogP contribution in [0.5, 0.6) is 0 Å². The number of rotatable bonds is 5. The highest BCUT2D eigenvalue weighted by atomic mass is 16.2. The van der Waals surface area contributed by atoms with E-state index in [0.29, 0.717) is 13.1 Å². The van der Waals surface area contributed by atoms with Crippen LogP contribution in [0.3, 0.4) is 0 Å². The van der Waals surface area contributed by atoms with Gasteiger partial charge in [-0.3, -0.25) is 9.48 Å². The number of fused-ring (bicyclic) bond motifs is 1. The van der Waals surface area contributed by atoms with E-state index >= 15 is 0 Å². The molecule has 0 radical (unpaired) electrons. The number of amides is 1. The third-order valence-corrected chi connectivity index (χ3v) is 4.80. The molecule has 0 saturated heterocycles. The first-order valence-corrected chi connectivity index (χ1v) is 8.73. The van der Waals surface area contributed by atoms with Crippen LogP contribution in [0.4, 0.5) is 0 Å². The zero-order valence-corrected chi connectivity index (χ0v) is 14.8. The number of aryl methyl sites for hydroxylation is 1. The van der Waals surface area contributed by atoms with Gasteiger partial charge in [0.25, 0.3) is 5.91 Å². The second-order valence-corrected chi connectivity index (χ2v) is 6.46. The minimum Gasteiger partial charge on any atom is -0.331 e. The van der Waals surface area contributed by atoms with Gasteiger partial charge in [-0.2, -0.15) is 5.10 Å². The third kappa shape index (κ3) is 3.36. The third-order valence-electron chi connectivity index (χ3n) is 4.80. The summed E-state index contributed by atoms with van der Waals surface area (Å²) in [6.45, 7) is 10.6. The molecule has 0 aliphatic carbocycles. The Kier molecular flexibility index (Phi) is 5.00. The molecule has 3 rings (SSSR count). The van der Waals surface area contributed by atoms with Gasteiger partial charge in [0.05, 0.1) is 18.3 Å². The highest BCUT2D eigenvalue weighted by Crippen LogP contribution is 2.23. The number of nitrogens with zero attached hydrogens (tertiary/aromatic N) is 4. The summed E-state index contributed by atoms with van der Waals surface area (Å²) in [5.41, 5.74) is 2.99. The summed E-state index contributed by atoms with van der Waals surface area (Å²) in [7, 11) is 0. The number of hydrogen-bond acceptors (Lipinski definition) is 3. The predicted octanol–water partition coefficient (Wildman–Crippen LogP) is 2.73. The molecule has 1 aromatic heterocycles. The van der Waals surface area contributed by atoms with Gasteiger partial charge in [-0.15, -0.1) is 0 Å². The number of carbonyl (C=O) groups is 1. The Morgan fingerprint density at radius 1 is 1.29 bits per heavy atom. The summed E-state index contributed by atoms with van der Waals surface area (Å²) < 4.78 is 2.10. The Bertz CT molecular complexity index is 705. The molecule has 128 valence electrons. The number of benzene rings is 1. The van der Waals surface area contributed by atoms with Gasteiger partial charge in [0.1, 0.15) is 0 Å². The second-order valence-electron chi connectivity index (χ2n) is 6.46. The Morgan fingerprint density at radius 3 is 2.79 bits per heavy atom. The first-order valence-electron chi connectivity index (χ1n) is 8.73. The smallest absolute Gasteiger partial charge is 0.254 e. The summed E-state index contributed by atoms with van der Waals surface area (Å²) in [5, 5.41) is 4.49. The molecular formula is C19H26N4O. The lowest BCUT2D eigenvalue weighted by molar-refractivity contribution is 0.0642. The molecule has 1 aliphatic rings. The summed E-state index contributed by atoms with van der Waals surface area (Å²) >= 11 is 0. The van der Waals surface area contributed by atoms with Gasteiger partial charge in [-0.25, -0.2) is 0 Å². The minimum atomic E-state index is 0.107. The van der Waals surface area contributed by atoms with Crippen molar-refractivity contribution in [2.75, 3.05) is 26.2 Å². The molecule has 0 saturated carbocycles. The molecule has 1 amide bonds. The molecular weight excluding hydrogens is 300 g/mol. The van der Waals surface area contributed by atoms with Crippen molar-refractivity contribution in [2.45, 2.75) is 33.4 Å². The Balaban J connectivity index is 1.82. The maximum Gasteiger partial charge on any atom is 0.254 e. The van der Waals surface area contributed by atoms with Gasteiger partial charge < -0.3 is 9.80 Å². The summed E-state index contributed by atoms with van der Waals surface area (Å²) in [6, 6.07) is 10.1. The highest BCUT2D eigenvalue weighted by Gasteiger charge is 2.29. The van der Waals surface area contributed by atoms with Crippen LogP contribution >= 0.6 is 0 Å². The maximum absolute atomic E-state index is 12.9. The first-order chi connectivity index (χ1) is 11.6. The van der Waals surface area contributed by atoms with Crippen molar-refractivity contribution in [1.29, 1.82) is 0 Å². The van der Waals surface area contributed by atoms with Gasteiger partial charge in [-0.05, 0) is 38.2 Å². The van der Waals surface area contributed by atoms with Crippen LogP contribution in [0.25, 0.3) is 0 Å².